The molecule has 0 bridgehead atoms. The number of aromatic amines is 1. The number of aromatic nitrogens is 5. The zero-order chi connectivity index (χ0) is 21.1. The highest BCUT2D eigenvalue weighted by Crippen LogP contribution is 2.24. The molecular weight excluding hydrogens is 396 g/mol. The summed E-state index contributed by atoms with van der Waals surface area (Å²) < 4.78 is 4.10. The smallest absolute Gasteiger partial charge is 0.255 e. The lowest BCUT2D eigenvalue weighted by Crippen LogP contribution is -2.26. The van der Waals surface area contributed by atoms with Crippen LogP contribution in [0.5, 0.6) is 0 Å². The van der Waals surface area contributed by atoms with Crippen LogP contribution in [-0.4, -0.2) is 37.0 Å². The molecule has 8 heteroatoms. The van der Waals surface area contributed by atoms with E-state index in [0.29, 0.717) is 29.0 Å². The van der Waals surface area contributed by atoms with Crippen molar-refractivity contribution in [2.75, 3.05) is 6.54 Å². The van der Waals surface area contributed by atoms with Crippen LogP contribution in [0.2, 0.25) is 0 Å². The van der Waals surface area contributed by atoms with Crippen molar-refractivity contribution in [2.45, 2.75) is 13.3 Å². The maximum absolute atomic E-state index is 13.0. The van der Waals surface area contributed by atoms with Crippen molar-refractivity contribution in [3.63, 3.8) is 0 Å². The normalized spacial score (nSPS) is 10.9. The van der Waals surface area contributed by atoms with E-state index in [1.54, 1.807) is 15.4 Å². The average molecular weight is 419 g/mol. The molecule has 1 amide bonds. The number of carbonyl (C=O) groups is 1. The molecule has 0 aliphatic rings. The zero-order valence-corrected chi connectivity index (χ0v) is 17.6. The molecule has 0 spiro atoms. The molecule has 0 saturated carbocycles. The number of hydrogen-bond donors (Lipinski definition) is 2. The molecule has 0 atom stereocenters. The lowest BCUT2D eigenvalue weighted by atomic mass is 10.1. The predicted molar refractivity (Wildman–Crippen MR) is 118 cm³/mol. The second kappa shape index (κ2) is 8.46. The molecular formula is C22H22N6OS. The van der Waals surface area contributed by atoms with E-state index in [9.17, 15) is 4.79 Å². The third-order valence-electron chi connectivity index (χ3n) is 4.88. The van der Waals surface area contributed by atoms with Crippen molar-refractivity contribution >= 4 is 18.1 Å². The lowest BCUT2D eigenvalue weighted by Gasteiger charge is -2.06. The van der Waals surface area contributed by atoms with Crippen molar-refractivity contribution in [1.29, 1.82) is 0 Å². The molecule has 0 aliphatic heterocycles. The van der Waals surface area contributed by atoms with Gasteiger partial charge < -0.3 is 9.88 Å². The third kappa shape index (κ3) is 4.08. The Kier molecular flexibility index (Phi) is 5.58. The Hall–Kier alpha value is -3.52. The number of benzene rings is 2. The Balaban J connectivity index is 1.61. The van der Waals surface area contributed by atoms with Crippen LogP contribution in [0.25, 0.3) is 16.9 Å². The summed E-state index contributed by atoms with van der Waals surface area (Å²) >= 11 is 5.13. The first-order valence-electron chi connectivity index (χ1n) is 9.63. The number of nitrogens with zero attached hydrogens (tertiary/aromatic N) is 4. The van der Waals surface area contributed by atoms with Gasteiger partial charge in [0.25, 0.3) is 5.91 Å². The Morgan fingerprint density at radius 2 is 1.97 bits per heavy atom. The van der Waals surface area contributed by atoms with E-state index in [2.05, 4.69) is 15.5 Å². The van der Waals surface area contributed by atoms with Gasteiger partial charge >= 0.3 is 0 Å². The molecule has 4 rings (SSSR count). The number of para-hydroxylation sites is 1. The summed E-state index contributed by atoms with van der Waals surface area (Å²) in [6, 6.07) is 17.7. The minimum absolute atomic E-state index is 0.175. The van der Waals surface area contributed by atoms with E-state index in [0.717, 1.165) is 22.6 Å². The summed E-state index contributed by atoms with van der Waals surface area (Å²) in [6.45, 7) is 2.46. The molecule has 0 fully saturated rings. The van der Waals surface area contributed by atoms with Gasteiger partial charge in [0.15, 0.2) is 4.77 Å². The molecule has 4 aromatic rings. The third-order valence-corrected chi connectivity index (χ3v) is 5.24. The summed E-state index contributed by atoms with van der Waals surface area (Å²) in [5, 5.41) is 14.6. The van der Waals surface area contributed by atoms with Crippen molar-refractivity contribution in [3.05, 3.63) is 82.5 Å². The number of rotatable bonds is 6. The summed E-state index contributed by atoms with van der Waals surface area (Å²) in [5.41, 5.74) is 4.09. The Morgan fingerprint density at radius 1 is 1.17 bits per heavy atom. The fourth-order valence-corrected chi connectivity index (χ4v) is 3.40. The number of amides is 1. The van der Waals surface area contributed by atoms with Gasteiger partial charge in [0.05, 0.1) is 11.3 Å². The molecule has 2 aromatic carbocycles. The number of aryl methyl sites for hydroxylation is 1. The van der Waals surface area contributed by atoms with Gasteiger partial charge in [-0.2, -0.15) is 10.2 Å². The van der Waals surface area contributed by atoms with Crippen LogP contribution in [0.15, 0.2) is 60.8 Å². The first kappa shape index (κ1) is 19.8. The lowest BCUT2D eigenvalue weighted by molar-refractivity contribution is 0.0954. The Labute approximate surface area is 179 Å². The monoisotopic (exact) mass is 418 g/mol. The van der Waals surface area contributed by atoms with E-state index < -0.39 is 0 Å². The maximum Gasteiger partial charge on any atom is 0.255 e. The summed E-state index contributed by atoms with van der Waals surface area (Å²) in [6.07, 6.45) is 2.35. The highest BCUT2D eigenvalue weighted by atomic mass is 32.1. The molecule has 30 heavy (non-hydrogen) atoms. The van der Waals surface area contributed by atoms with Crippen LogP contribution in [0.4, 0.5) is 0 Å². The van der Waals surface area contributed by atoms with E-state index in [1.165, 1.54) is 0 Å². The van der Waals surface area contributed by atoms with Gasteiger partial charge in [0.1, 0.15) is 11.5 Å². The molecule has 2 heterocycles. The van der Waals surface area contributed by atoms with Crippen LogP contribution in [-0.2, 0) is 13.5 Å². The molecule has 2 aromatic heterocycles. The fourth-order valence-electron chi connectivity index (χ4n) is 3.24. The largest absolute Gasteiger partial charge is 0.351 e. The number of nitrogens with one attached hydrogen (secondary N) is 2. The van der Waals surface area contributed by atoms with Crippen LogP contribution in [0.1, 0.15) is 21.7 Å². The van der Waals surface area contributed by atoms with Crippen molar-refractivity contribution in [1.82, 2.24) is 29.9 Å². The standard InChI is InChI=1S/C22H22N6OS/c1-15-7-6-8-16(13-15)20-18(14-28(26-20)17-9-4-3-5-10-17)21(29)23-12-11-19-24-25-22(30)27(19)2/h3-10,13-14H,11-12H2,1-2H3,(H,23,29)(H,25,30). The molecule has 7 nitrogen and oxygen atoms in total. The van der Waals surface area contributed by atoms with Gasteiger partial charge in [-0.05, 0) is 37.3 Å². The minimum atomic E-state index is -0.175. The molecule has 0 radical (unpaired) electrons. The minimum Gasteiger partial charge on any atom is -0.351 e. The van der Waals surface area contributed by atoms with Gasteiger partial charge in [-0.25, -0.2) is 4.68 Å². The highest BCUT2D eigenvalue weighted by Gasteiger charge is 2.19. The van der Waals surface area contributed by atoms with Crippen molar-refractivity contribution in [2.24, 2.45) is 7.05 Å². The second-order valence-electron chi connectivity index (χ2n) is 7.05. The van der Waals surface area contributed by atoms with Gasteiger partial charge in [0.2, 0.25) is 0 Å². The molecule has 0 unspecified atom stereocenters. The number of carbonyl (C=O) groups excluding carboxylic acids is 1. The van der Waals surface area contributed by atoms with Crippen LogP contribution >= 0.6 is 12.2 Å². The van der Waals surface area contributed by atoms with Gasteiger partial charge in [-0.3, -0.25) is 9.89 Å². The number of H-pyrrole nitrogens is 1. The molecule has 0 aliphatic carbocycles. The zero-order valence-electron chi connectivity index (χ0n) is 16.8. The predicted octanol–water partition coefficient (Wildman–Crippen LogP) is 3.61. The summed E-state index contributed by atoms with van der Waals surface area (Å²) in [7, 11) is 1.85. The Morgan fingerprint density at radius 3 is 2.67 bits per heavy atom. The van der Waals surface area contributed by atoms with Crippen molar-refractivity contribution in [3.8, 4) is 16.9 Å². The fraction of sp³-hybridized carbons (Fsp3) is 0.182. The van der Waals surface area contributed by atoms with Gasteiger partial charge in [0, 0.05) is 31.8 Å². The van der Waals surface area contributed by atoms with E-state index >= 15 is 0 Å². The Bertz CT molecular complexity index is 1240. The van der Waals surface area contributed by atoms with Gasteiger partial charge in [-0.15, -0.1) is 0 Å². The highest BCUT2D eigenvalue weighted by molar-refractivity contribution is 7.71. The molecule has 0 saturated heterocycles. The number of hydrogen-bond acceptors (Lipinski definition) is 4. The second-order valence-corrected chi connectivity index (χ2v) is 7.44. The molecule has 152 valence electrons. The van der Waals surface area contributed by atoms with Crippen LogP contribution < -0.4 is 5.32 Å². The quantitative estimate of drug-likeness (QED) is 0.469. The van der Waals surface area contributed by atoms with Crippen LogP contribution in [0.3, 0.4) is 0 Å². The van der Waals surface area contributed by atoms with Crippen molar-refractivity contribution < 1.29 is 4.79 Å². The summed E-state index contributed by atoms with van der Waals surface area (Å²) in [5.74, 6) is 0.615. The van der Waals surface area contributed by atoms with Crippen LogP contribution in [0, 0.1) is 11.7 Å². The van der Waals surface area contributed by atoms with Gasteiger partial charge in [-0.1, -0.05) is 42.0 Å². The first-order valence-corrected chi connectivity index (χ1v) is 10.0. The summed E-state index contributed by atoms with van der Waals surface area (Å²) in [4.78, 5) is 13.0. The maximum atomic E-state index is 13.0. The van der Waals surface area contributed by atoms with E-state index in [4.69, 9.17) is 17.3 Å². The SMILES string of the molecule is Cc1cccc(-c2nn(-c3ccccc3)cc2C(=O)NCCc2n[nH]c(=S)n2C)c1. The van der Waals surface area contributed by atoms with E-state index in [1.807, 2.05) is 68.6 Å². The molecule has 2 N–H and O–H groups in total. The topological polar surface area (TPSA) is 80.5 Å². The average Bonchev–Trinajstić information content (AvgIpc) is 3.34. The van der Waals surface area contributed by atoms with E-state index in [-0.39, 0.29) is 5.91 Å². The first-order chi connectivity index (χ1) is 14.5.